The molecule has 1 aromatic heterocycles. The number of benzene rings is 1. The number of halogens is 1. The fourth-order valence-corrected chi connectivity index (χ4v) is 2.73. The summed E-state index contributed by atoms with van der Waals surface area (Å²) in [4.78, 5) is 20.6. The Kier molecular flexibility index (Phi) is 10.4. The van der Waals surface area contributed by atoms with Crippen LogP contribution in [0, 0.1) is 5.92 Å². The van der Waals surface area contributed by atoms with Crippen LogP contribution < -0.4 is 20.7 Å². The number of rotatable bonds is 10. The first-order valence-corrected chi connectivity index (χ1v) is 10.2. The number of para-hydroxylation sites is 1. The molecule has 3 rings (SSSR count). The highest BCUT2D eigenvalue weighted by Gasteiger charge is 2.22. The van der Waals surface area contributed by atoms with Gasteiger partial charge in [0.05, 0.1) is 18.7 Å². The summed E-state index contributed by atoms with van der Waals surface area (Å²) in [6.45, 7) is 5.15. The fraction of sp³-hybridized carbons (Fsp3) is 0.409. The summed E-state index contributed by atoms with van der Waals surface area (Å²) < 4.78 is 5.96. The lowest BCUT2D eigenvalue weighted by molar-refractivity contribution is 0.0954. The Morgan fingerprint density at radius 1 is 1.13 bits per heavy atom. The van der Waals surface area contributed by atoms with E-state index >= 15 is 0 Å². The minimum atomic E-state index is -0.136. The predicted octanol–water partition coefficient (Wildman–Crippen LogP) is 2.97. The van der Waals surface area contributed by atoms with Crippen LogP contribution in [0.25, 0.3) is 0 Å². The molecule has 0 radical (unpaired) electrons. The average Bonchev–Trinajstić information content (AvgIpc) is 3.59. The number of aromatic nitrogens is 1. The third-order valence-corrected chi connectivity index (χ3v) is 4.52. The molecule has 1 amide bonds. The highest BCUT2D eigenvalue weighted by Crippen LogP contribution is 2.30. The molecule has 1 aliphatic carbocycles. The minimum absolute atomic E-state index is 0. The third-order valence-electron chi connectivity index (χ3n) is 4.52. The van der Waals surface area contributed by atoms with E-state index in [1.54, 1.807) is 24.5 Å². The number of carbonyl (C=O) groups excluding carboxylic acids is 1. The Morgan fingerprint density at radius 2 is 1.93 bits per heavy atom. The van der Waals surface area contributed by atoms with Crippen molar-refractivity contribution in [2.45, 2.75) is 26.3 Å². The number of amides is 1. The summed E-state index contributed by atoms with van der Waals surface area (Å²) >= 11 is 0. The zero-order valence-corrected chi connectivity index (χ0v) is 19.6. The quantitative estimate of drug-likeness (QED) is 0.193. The number of hydrogen-bond donors (Lipinski definition) is 3. The van der Waals surface area contributed by atoms with E-state index in [9.17, 15) is 4.79 Å². The van der Waals surface area contributed by atoms with E-state index in [1.807, 2.05) is 31.2 Å². The van der Waals surface area contributed by atoms with E-state index in [2.05, 4.69) is 25.9 Å². The highest BCUT2D eigenvalue weighted by atomic mass is 127. The molecule has 1 aromatic carbocycles. The van der Waals surface area contributed by atoms with E-state index in [1.165, 1.54) is 12.8 Å². The largest absolute Gasteiger partial charge is 0.493 e. The van der Waals surface area contributed by atoms with Crippen molar-refractivity contribution in [2.24, 2.45) is 10.9 Å². The van der Waals surface area contributed by atoms with Crippen molar-refractivity contribution in [2.75, 3.05) is 26.2 Å². The Bertz CT molecular complexity index is 812. The van der Waals surface area contributed by atoms with Gasteiger partial charge in [-0.25, -0.2) is 4.99 Å². The number of guanidine groups is 1. The Morgan fingerprint density at radius 3 is 2.67 bits per heavy atom. The molecule has 2 aromatic rings. The van der Waals surface area contributed by atoms with Gasteiger partial charge in [-0.05, 0) is 43.9 Å². The summed E-state index contributed by atoms with van der Waals surface area (Å²) in [5.74, 6) is 2.19. The van der Waals surface area contributed by atoms with Crippen molar-refractivity contribution in [3.8, 4) is 5.75 Å². The van der Waals surface area contributed by atoms with Gasteiger partial charge in [-0.1, -0.05) is 18.2 Å². The SMILES string of the molecule is CCNC(=NCc1ccccc1OCC1CC1)NCCNC(=O)c1cccnc1.I. The van der Waals surface area contributed by atoms with E-state index in [0.717, 1.165) is 24.5 Å². The Labute approximate surface area is 195 Å². The number of aliphatic imine (C=N–C) groups is 1. The second kappa shape index (κ2) is 13.0. The fourth-order valence-electron chi connectivity index (χ4n) is 2.73. The van der Waals surface area contributed by atoms with E-state index in [0.29, 0.717) is 37.1 Å². The van der Waals surface area contributed by atoms with E-state index < -0.39 is 0 Å². The summed E-state index contributed by atoms with van der Waals surface area (Å²) in [6, 6.07) is 11.5. The highest BCUT2D eigenvalue weighted by molar-refractivity contribution is 14.0. The second-order valence-electron chi connectivity index (χ2n) is 6.98. The van der Waals surface area contributed by atoms with Crippen molar-refractivity contribution in [3.05, 3.63) is 59.9 Å². The van der Waals surface area contributed by atoms with Gasteiger partial charge in [0, 0.05) is 37.6 Å². The molecule has 0 saturated heterocycles. The topological polar surface area (TPSA) is 87.6 Å². The van der Waals surface area contributed by atoms with Crippen LogP contribution >= 0.6 is 24.0 Å². The lowest BCUT2D eigenvalue weighted by Gasteiger charge is -2.13. The van der Waals surface area contributed by atoms with Gasteiger partial charge in [0.25, 0.3) is 5.91 Å². The zero-order chi connectivity index (χ0) is 20.3. The van der Waals surface area contributed by atoms with Crippen LogP contribution in [-0.4, -0.2) is 43.1 Å². The van der Waals surface area contributed by atoms with Gasteiger partial charge < -0.3 is 20.7 Å². The normalized spacial score (nSPS) is 13.2. The molecule has 0 unspecified atom stereocenters. The van der Waals surface area contributed by atoms with Crippen molar-refractivity contribution >= 4 is 35.8 Å². The molecule has 1 aliphatic rings. The standard InChI is InChI=1S/C22H29N5O2.HI/c1-2-24-22(26-13-12-25-21(28)19-7-5-11-23-14-19)27-15-18-6-3-4-8-20(18)29-16-17-9-10-17;/h3-8,11,14,17H,2,9-10,12-13,15-16H2,1H3,(H,25,28)(H2,24,26,27);1H. The van der Waals surface area contributed by atoms with Crippen LogP contribution in [0.2, 0.25) is 0 Å². The first kappa shape index (κ1) is 23.9. The van der Waals surface area contributed by atoms with Crippen LogP contribution in [0.5, 0.6) is 5.75 Å². The maximum atomic E-state index is 12.0. The van der Waals surface area contributed by atoms with Gasteiger partial charge >= 0.3 is 0 Å². The lowest BCUT2D eigenvalue weighted by Crippen LogP contribution is -2.41. The molecule has 1 saturated carbocycles. The Hall–Kier alpha value is -2.36. The molecule has 30 heavy (non-hydrogen) atoms. The molecular formula is C22H30IN5O2. The van der Waals surface area contributed by atoms with Gasteiger partial charge in [0.2, 0.25) is 0 Å². The van der Waals surface area contributed by atoms with E-state index in [-0.39, 0.29) is 29.9 Å². The molecule has 3 N–H and O–H groups in total. The average molecular weight is 523 g/mol. The van der Waals surface area contributed by atoms with Crippen molar-refractivity contribution < 1.29 is 9.53 Å². The smallest absolute Gasteiger partial charge is 0.252 e. The number of carbonyl (C=O) groups is 1. The number of hydrogen-bond acceptors (Lipinski definition) is 4. The van der Waals surface area contributed by atoms with Gasteiger partial charge in [0.1, 0.15) is 5.75 Å². The molecule has 0 aliphatic heterocycles. The number of nitrogens with one attached hydrogen (secondary N) is 3. The van der Waals surface area contributed by atoms with Gasteiger partial charge in [0.15, 0.2) is 5.96 Å². The monoisotopic (exact) mass is 523 g/mol. The number of pyridine rings is 1. The molecule has 0 spiro atoms. The summed E-state index contributed by atoms with van der Waals surface area (Å²) in [5, 5.41) is 9.34. The molecule has 0 bridgehead atoms. The number of ether oxygens (including phenoxy) is 1. The first-order chi connectivity index (χ1) is 14.3. The number of nitrogens with zero attached hydrogens (tertiary/aromatic N) is 2. The summed E-state index contributed by atoms with van der Waals surface area (Å²) in [5.41, 5.74) is 1.62. The first-order valence-electron chi connectivity index (χ1n) is 10.2. The van der Waals surface area contributed by atoms with Crippen molar-refractivity contribution in [1.82, 2.24) is 20.9 Å². The molecule has 0 atom stereocenters. The minimum Gasteiger partial charge on any atom is -0.493 e. The maximum Gasteiger partial charge on any atom is 0.252 e. The van der Waals surface area contributed by atoms with Crippen molar-refractivity contribution in [3.63, 3.8) is 0 Å². The van der Waals surface area contributed by atoms with Crippen LogP contribution in [0.15, 0.2) is 53.8 Å². The van der Waals surface area contributed by atoms with Gasteiger partial charge in [-0.15, -0.1) is 24.0 Å². The predicted molar refractivity (Wildman–Crippen MR) is 129 cm³/mol. The van der Waals surface area contributed by atoms with Gasteiger partial charge in [-0.3, -0.25) is 9.78 Å². The molecule has 1 heterocycles. The van der Waals surface area contributed by atoms with Crippen molar-refractivity contribution in [1.29, 1.82) is 0 Å². The third kappa shape index (κ3) is 8.17. The molecule has 162 valence electrons. The van der Waals surface area contributed by atoms with Gasteiger partial charge in [-0.2, -0.15) is 0 Å². The van der Waals surface area contributed by atoms with Crippen LogP contribution in [-0.2, 0) is 6.54 Å². The van der Waals surface area contributed by atoms with Crippen LogP contribution in [0.3, 0.4) is 0 Å². The van der Waals surface area contributed by atoms with Crippen LogP contribution in [0.4, 0.5) is 0 Å². The summed E-state index contributed by atoms with van der Waals surface area (Å²) in [7, 11) is 0. The lowest BCUT2D eigenvalue weighted by atomic mass is 10.2. The van der Waals surface area contributed by atoms with Crippen LogP contribution in [0.1, 0.15) is 35.7 Å². The van der Waals surface area contributed by atoms with E-state index in [4.69, 9.17) is 4.74 Å². The maximum absolute atomic E-state index is 12.0. The molecule has 7 nitrogen and oxygen atoms in total. The summed E-state index contributed by atoms with van der Waals surface area (Å²) in [6.07, 6.45) is 5.74. The zero-order valence-electron chi connectivity index (χ0n) is 17.3. The molecule has 1 fully saturated rings. The Balaban J connectivity index is 0.00000320. The molecular weight excluding hydrogens is 493 g/mol. The second-order valence-corrected chi connectivity index (χ2v) is 6.98. The molecule has 8 heteroatoms.